The van der Waals surface area contributed by atoms with Gasteiger partial charge in [-0.15, -0.1) is 0 Å². The predicted octanol–water partition coefficient (Wildman–Crippen LogP) is 2.05. The van der Waals surface area contributed by atoms with Gasteiger partial charge in [0.1, 0.15) is 5.75 Å². The lowest BCUT2D eigenvalue weighted by atomic mass is 9.95. The lowest BCUT2D eigenvalue weighted by Crippen LogP contribution is -2.36. The molecule has 1 aromatic rings. The summed E-state index contributed by atoms with van der Waals surface area (Å²) >= 11 is 0. The van der Waals surface area contributed by atoms with Crippen molar-refractivity contribution in [1.29, 1.82) is 0 Å². The number of nitrogen functional groups attached to an aromatic ring is 1. The van der Waals surface area contributed by atoms with Crippen LogP contribution in [0.5, 0.6) is 5.75 Å². The molecule has 2 rings (SSSR count). The second kappa shape index (κ2) is 4.65. The van der Waals surface area contributed by atoms with Gasteiger partial charge in [0.25, 0.3) is 0 Å². The monoisotopic (exact) mass is 234 g/mol. The number of nitrogens with two attached hydrogens (primary N) is 1. The summed E-state index contributed by atoms with van der Waals surface area (Å²) in [5.74, 6) is 0.183. The molecule has 17 heavy (non-hydrogen) atoms. The molecule has 4 nitrogen and oxygen atoms in total. The number of rotatable bonds is 1. The highest BCUT2D eigenvalue weighted by molar-refractivity contribution is 5.74. The number of piperidine rings is 1. The van der Waals surface area contributed by atoms with Crippen molar-refractivity contribution in [2.24, 2.45) is 0 Å². The highest BCUT2D eigenvalue weighted by atomic mass is 16.3. The molecular weight excluding hydrogens is 216 g/mol. The molecule has 0 radical (unpaired) electrons. The van der Waals surface area contributed by atoms with Crippen molar-refractivity contribution in [2.45, 2.75) is 32.2 Å². The number of aromatic hydroxyl groups is 1. The largest absolute Gasteiger partial charge is 0.506 e. The smallest absolute Gasteiger partial charge is 0.219 e. The first-order valence-corrected chi connectivity index (χ1v) is 5.95. The zero-order chi connectivity index (χ0) is 12.4. The van der Waals surface area contributed by atoms with E-state index in [0.29, 0.717) is 5.69 Å². The van der Waals surface area contributed by atoms with Crippen LogP contribution in [-0.4, -0.2) is 22.5 Å². The summed E-state index contributed by atoms with van der Waals surface area (Å²) in [7, 11) is 0. The van der Waals surface area contributed by atoms with Crippen LogP contribution in [0.3, 0.4) is 0 Å². The van der Waals surface area contributed by atoms with Crippen LogP contribution >= 0.6 is 0 Å². The van der Waals surface area contributed by atoms with Crippen molar-refractivity contribution in [2.75, 3.05) is 12.3 Å². The molecule has 1 atom stereocenters. The van der Waals surface area contributed by atoms with Crippen LogP contribution in [0.15, 0.2) is 18.2 Å². The Bertz CT molecular complexity index is 431. The van der Waals surface area contributed by atoms with E-state index in [2.05, 4.69) is 0 Å². The molecule has 1 unspecified atom stereocenters. The van der Waals surface area contributed by atoms with Gasteiger partial charge in [0.15, 0.2) is 0 Å². The highest BCUT2D eigenvalue weighted by Gasteiger charge is 2.26. The summed E-state index contributed by atoms with van der Waals surface area (Å²) < 4.78 is 0. The first kappa shape index (κ1) is 11.8. The highest BCUT2D eigenvalue weighted by Crippen LogP contribution is 2.33. The second-order valence-electron chi connectivity index (χ2n) is 4.54. The van der Waals surface area contributed by atoms with E-state index in [1.807, 2.05) is 11.0 Å². The van der Waals surface area contributed by atoms with Crippen LogP contribution in [0.2, 0.25) is 0 Å². The van der Waals surface area contributed by atoms with Crippen molar-refractivity contribution in [3.63, 3.8) is 0 Å². The third-order valence-corrected chi connectivity index (χ3v) is 3.35. The number of phenolic OH excluding ortho intramolecular Hbond substituents is 1. The van der Waals surface area contributed by atoms with Crippen molar-refractivity contribution in [3.8, 4) is 5.75 Å². The standard InChI is InChI=1S/C13H18N2O2/c1-9(16)15-7-3-2-4-12(15)10-5-6-11(14)13(17)8-10/h5-6,8,12,17H,2-4,7,14H2,1H3. The lowest BCUT2D eigenvalue weighted by Gasteiger charge is -2.35. The molecule has 1 saturated heterocycles. The molecule has 1 heterocycles. The van der Waals surface area contributed by atoms with Crippen LogP contribution in [0, 0.1) is 0 Å². The summed E-state index contributed by atoms with van der Waals surface area (Å²) in [6.45, 7) is 2.39. The zero-order valence-electron chi connectivity index (χ0n) is 10.0. The third-order valence-electron chi connectivity index (χ3n) is 3.35. The average molecular weight is 234 g/mol. The van der Waals surface area contributed by atoms with Crippen LogP contribution in [-0.2, 0) is 4.79 Å². The predicted molar refractivity (Wildman–Crippen MR) is 66.5 cm³/mol. The average Bonchev–Trinajstić information content (AvgIpc) is 2.32. The summed E-state index contributed by atoms with van der Waals surface area (Å²) in [5, 5.41) is 9.63. The van der Waals surface area contributed by atoms with E-state index in [0.717, 1.165) is 31.4 Å². The maximum atomic E-state index is 11.6. The number of likely N-dealkylation sites (tertiary alicyclic amines) is 1. The molecular formula is C13H18N2O2. The van der Waals surface area contributed by atoms with Crippen LogP contribution < -0.4 is 5.73 Å². The molecule has 0 aromatic heterocycles. The molecule has 0 aliphatic carbocycles. The van der Waals surface area contributed by atoms with Gasteiger partial charge in [-0.3, -0.25) is 4.79 Å². The van der Waals surface area contributed by atoms with E-state index in [-0.39, 0.29) is 17.7 Å². The molecule has 3 N–H and O–H groups in total. The molecule has 0 spiro atoms. The van der Waals surface area contributed by atoms with E-state index in [1.165, 1.54) is 0 Å². The Morgan fingerprint density at radius 2 is 2.24 bits per heavy atom. The number of hydrogen-bond donors (Lipinski definition) is 2. The first-order valence-electron chi connectivity index (χ1n) is 5.95. The minimum Gasteiger partial charge on any atom is -0.506 e. The van der Waals surface area contributed by atoms with Crippen LogP contribution in [0.1, 0.15) is 37.8 Å². The van der Waals surface area contributed by atoms with Crippen molar-refractivity contribution >= 4 is 11.6 Å². The Morgan fingerprint density at radius 3 is 2.88 bits per heavy atom. The summed E-state index contributed by atoms with van der Waals surface area (Å²) in [4.78, 5) is 13.4. The van der Waals surface area contributed by atoms with E-state index in [1.54, 1.807) is 19.1 Å². The molecule has 1 amide bonds. The topological polar surface area (TPSA) is 66.6 Å². The van der Waals surface area contributed by atoms with Gasteiger partial charge in [-0.25, -0.2) is 0 Å². The normalized spacial score (nSPS) is 20.3. The molecule has 0 bridgehead atoms. The number of nitrogens with zero attached hydrogens (tertiary/aromatic N) is 1. The summed E-state index contributed by atoms with van der Waals surface area (Å²) in [6.07, 6.45) is 3.11. The van der Waals surface area contributed by atoms with E-state index >= 15 is 0 Å². The van der Waals surface area contributed by atoms with E-state index in [4.69, 9.17) is 5.73 Å². The van der Waals surface area contributed by atoms with Gasteiger partial charge in [-0.1, -0.05) is 6.07 Å². The lowest BCUT2D eigenvalue weighted by molar-refractivity contribution is -0.132. The fraction of sp³-hybridized carbons (Fsp3) is 0.462. The number of carbonyl (C=O) groups excluding carboxylic acids is 1. The Balaban J connectivity index is 2.29. The molecule has 4 heteroatoms. The zero-order valence-corrected chi connectivity index (χ0v) is 10.0. The van der Waals surface area contributed by atoms with Gasteiger partial charge in [0.2, 0.25) is 5.91 Å². The van der Waals surface area contributed by atoms with Crippen molar-refractivity contribution in [3.05, 3.63) is 23.8 Å². The van der Waals surface area contributed by atoms with Crippen molar-refractivity contribution in [1.82, 2.24) is 4.90 Å². The number of phenols is 1. The Hall–Kier alpha value is -1.71. The summed E-state index contributed by atoms with van der Waals surface area (Å²) in [6, 6.07) is 5.33. The minimum atomic E-state index is 0.0766. The minimum absolute atomic E-state index is 0.0766. The maximum Gasteiger partial charge on any atom is 0.219 e. The maximum absolute atomic E-state index is 11.6. The van der Waals surface area contributed by atoms with Gasteiger partial charge in [-0.2, -0.15) is 0 Å². The Labute approximate surface area is 101 Å². The number of benzene rings is 1. The third kappa shape index (κ3) is 2.35. The molecule has 1 aliphatic rings. The van der Waals surface area contributed by atoms with Gasteiger partial charge < -0.3 is 15.7 Å². The number of amides is 1. The SMILES string of the molecule is CC(=O)N1CCCCC1c1ccc(N)c(O)c1. The first-order chi connectivity index (χ1) is 8.09. The molecule has 1 fully saturated rings. The molecule has 92 valence electrons. The van der Waals surface area contributed by atoms with Crippen LogP contribution in [0.25, 0.3) is 0 Å². The molecule has 0 saturated carbocycles. The van der Waals surface area contributed by atoms with Gasteiger partial charge >= 0.3 is 0 Å². The second-order valence-corrected chi connectivity index (χ2v) is 4.54. The number of hydrogen-bond acceptors (Lipinski definition) is 3. The number of anilines is 1. The number of carbonyl (C=O) groups is 1. The van der Waals surface area contributed by atoms with E-state index < -0.39 is 0 Å². The van der Waals surface area contributed by atoms with Gasteiger partial charge in [0, 0.05) is 13.5 Å². The fourth-order valence-corrected chi connectivity index (χ4v) is 2.42. The Morgan fingerprint density at radius 1 is 1.47 bits per heavy atom. The van der Waals surface area contributed by atoms with Gasteiger partial charge in [0.05, 0.1) is 11.7 Å². The van der Waals surface area contributed by atoms with E-state index in [9.17, 15) is 9.90 Å². The molecule has 1 aromatic carbocycles. The van der Waals surface area contributed by atoms with Crippen LogP contribution in [0.4, 0.5) is 5.69 Å². The summed E-state index contributed by atoms with van der Waals surface area (Å²) in [5.41, 5.74) is 6.92. The van der Waals surface area contributed by atoms with Crippen molar-refractivity contribution < 1.29 is 9.90 Å². The Kier molecular flexibility index (Phi) is 3.22. The molecule has 1 aliphatic heterocycles. The fourth-order valence-electron chi connectivity index (χ4n) is 2.42. The quantitative estimate of drug-likeness (QED) is 0.577. The van der Waals surface area contributed by atoms with Gasteiger partial charge in [-0.05, 0) is 37.0 Å².